The van der Waals surface area contributed by atoms with E-state index in [1.165, 1.54) is 11.9 Å². The van der Waals surface area contributed by atoms with Crippen LogP contribution in [0.2, 0.25) is 0 Å². The number of nitrogens with one attached hydrogen (secondary N) is 1. The largest absolute Gasteiger partial charge is 0.357 e. The molecule has 44 heavy (non-hydrogen) atoms. The van der Waals surface area contributed by atoms with E-state index >= 15 is 0 Å². The molecule has 4 aromatic rings. The van der Waals surface area contributed by atoms with E-state index in [4.69, 9.17) is 0 Å². The van der Waals surface area contributed by atoms with Crippen LogP contribution in [0.1, 0.15) is 42.0 Å². The summed E-state index contributed by atoms with van der Waals surface area (Å²) in [5.74, 6) is -0.588. The molecule has 0 aliphatic carbocycles. The quantitative estimate of drug-likeness (QED) is 0.187. The number of carbonyl (C=O) groups excluding carboxylic acids is 2. The Morgan fingerprint density at radius 1 is 0.818 bits per heavy atom. The van der Waals surface area contributed by atoms with Crippen LogP contribution >= 0.6 is 15.9 Å². The Labute approximate surface area is 269 Å². The van der Waals surface area contributed by atoms with Gasteiger partial charge in [0.25, 0.3) is 10.0 Å². The molecule has 0 heterocycles. The number of aryl methyl sites for hydroxylation is 1. The van der Waals surface area contributed by atoms with E-state index in [-0.39, 0.29) is 29.7 Å². The van der Waals surface area contributed by atoms with Gasteiger partial charge in [-0.25, -0.2) is 8.42 Å². The van der Waals surface area contributed by atoms with Crippen LogP contribution in [0.5, 0.6) is 0 Å². The van der Waals surface area contributed by atoms with Gasteiger partial charge in [-0.1, -0.05) is 102 Å². The van der Waals surface area contributed by atoms with E-state index in [2.05, 4.69) is 35.1 Å². The molecule has 1 N–H and O–H groups in total. The number of benzene rings is 4. The van der Waals surface area contributed by atoms with Gasteiger partial charge in [-0.15, -0.1) is 0 Å². The van der Waals surface area contributed by atoms with E-state index < -0.39 is 28.5 Å². The summed E-state index contributed by atoms with van der Waals surface area (Å²) in [6.45, 7) is 5.63. The van der Waals surface area contributed by atoms with E-state index in [1.807, 2.05) is 73.7 Å². The fourth-order valence-electron chi connectivity index (χ4n) is 4.90. The third-order valence-corrected chi connectivity index (χ3v) is 9.84. The highest BCUT2D eigenvalue weighted by Crippen LogP contribution is 2.27. The van der Waals surface area contributed by atoms with Crippen LogP contribution in [-0.2, 0) is 32.6 Å². The average Bonchev–Trinajstić information content (AvgIpc) is 3.02. The van der Waals surface area contributed by atoms with Crippen molar-refractivity contribution in [2.24, 2.45) is 0 Å². The molecule has 9 heteroatoms. The second kappa shape index (κ2) is 14.7. The monoisotopic (exact) mass is 675 g/mol. The second-order valence-electron chi connectivity index (χ2n) is 11.0. The molecule has 0 bridgehead atoms. The predicted molar refractivity (Wildman–Crippen MR) is 179 cm³/mol. The predicted octanol–water partition coefficient (Wildman–Crippen LogP) is 6.46. The molecule has 7 nitrogen and oxygen atoms in total. The Bertz CT molecular complexity index is 1660. The topological polar surface area (TPSA) is 86.8 Å². The Kier molecular flexibility index (Phi) is 11.0. The van der Waals surface area contributed by atoms with Crippen LogP contribution in [0.3, 0.4) is 0 Å². The maximum atomic E-state index is 14.4. The standard InChI is InChI=1S/C35H38BrN3O4S/c1-25(2)29-14-18-31(19-15-29)39(44(42,43)32-20-10-26(3)11-21-32)24-34(40)38(23-28-12-16-30(36)17-13-28)33(35(41)37-4)22-27-8-6-5-7-9-27/h5-21,25,33H,22-24H2,1-4H3,(H,37,41)/t33-/m0/s1. The Balaban J connectivity index is 1.79. The lowest BCUT2D eigenvalue weighted by Gasteiger charge is -2.33. The lowest BCUT2D eigenvalue weighted by Crippen LogP contribution is -2.53. The zero-order valence-corrected chi connectivity index (χ0v) is 27.8. The molecule has 0 aromatic heterocycles. The lowest BCUT2D eigenvalue weighted by atomic mass is 10.0. The SMILES string of the molecule is CNC(=O)[C@H](Cc1ccccc1)N(Cc1ccc(Br)cc1)C(=O)CN(c1ccc(C(C)C)cc1)S(=O)(=O)c1ccc(C)cc1. The van der Waals surface area contributed by atoms with Gasteiger partial charge in [-0.05, 0) is 65.9 Å². The highest BCUT2D eigenvalue weighted by atomic mass is 79.9. The number of rotatable bonds is 12. The minimum Gasteiger partial charge on any atom is -0.357 e. The third-order valence-electron chi connectivity index (χ3n) is 7.52. The number of hydrogen-bond acceptors (Lipinski definition) is 4. The molecular weight excluding hydrogens is 638 g/mol. The first-order chi connectivity index (χ1) is 21.0. The summed E-state index contributed by atoms with van der Waals surface area (Å²) in [6.07, 6.45) is 0.260. The van der Waals surface area contributed by atoms with Gasteiger partial charge in [0.15, 0.2) is 0 Å². The summed E-state index contributed by atoms with van der Waals surface area (Å²) in [7, 11) is -2.61. The summed E-state index contributed by atoms with van der Waals surface area (Å²) in [5, 5.41) is 2.71. The zero-order chi connectivity index (χ0) is 31.9. The summed E-state index contributed by atoms with van der Waals surface area (Å²) in [5.41, 5.74) is 4.02. The van der Waals surface area contributed by atoms with Gasteiger partial charge in [0.1, 0.15) is 12.6 Å². The smallest absolute Gasteiger partial charge is 0.264 e. The van der Waals surface area contributed by atoms with Crippen molar-refractivity contribution < 1.29 is 18.0 Å². The van der Waals surface area contributed by atoms with Gasteiger partial charge in [-0.2, -0.15) is 0 Å². The van der Waals surface area contributed by atoms with E-state index in [0.29, 0.717) is 5.69 Å². The molecule has 230 valence electrons. The molecule has 0 aliphatic rings. The zero-order valence-electron chi connectivity index (χ0n) is 25.4. The van der Waals surface area contributed by atoms with Crippen molar-refractivity contribution in [2.75, 3.05) is 17.9 Å². The third kappa shape index (κ3) is 8.15. The summed E-state index contributed by atoms with van der Waals surface area (Å²) in [6, 6.07) is 29.9. The normalized spacial score (nSPS) is 12.0. The number of carbonyl (C=O) groups is 2. The van der Waals surface area contributed by atoms with E-state index in [0.717, 1.165) is 31.0 Å². The van der Waals surface area contributed by atoms with Crippen LogP contribution in [0, 0.1) is 6.92 Å². The molecule has 4 rings (SSSR count). The van der Waals surface area contributed by atoms with Crippen molar-refractivity contribution in [2.45, 2.75) is 50.6 Å². The van der Waals surface area contributed by atoms with E-state index in [1.54, 1.807) is 36.4 Å². The molecule has 2 amide bonds. The minimum atomic E-state index is -4.14. The van der Waals surface area contributed by atoms with Gasteiger partial charge in [0, 0.05) is 24.5 Å². The van der Waals surface area contributed by atoms with Crippen LogP contribution in [0.15, 0.2) is 112 Å². The fourth-order valence-corrected chi connectivity index (χ4v) is 6.58. The highest BCUT2D eigenvalue weighted by molar-refractivity contribution is 9.10. The summed E-state index contributed by atoms with van der Waals surface area (Å²) < 4.78 is 30.3. The van der Waals surface area contributed by atoms with Crippen molar-refractivity contribution in [3.63, 3.8) is 0 Å². The van der Waals surface area contributed by atoms with Crippen LogP contribution < -0.4 is 9.62 Å². The van der Waals surface area contributed by atoms with Gasteiger partial charge in [0.2, 0.25) is 11.8 Å². The molecule has 1 atom stereocenters. The Morgan fingerprint density at radius 2 is 1.43 bits per heavy atom. The minimum absolute atomic E-state index is 0.0791. The van der Waals surface area contributed by atoms with Crippen molar-refractivity contribution >= 4 is 43.5 Å². The van der Waals surface area contributed by atoms with Crippen molar-refractivity contribution in [3.05, 3.63) is 130 Å². The Hall–Kier alpha value is -3.95. The van der Waals surface area contributed by atoms with E-state index in [9.17, 15) is 18.0 Å². The first-order valence-electron chi connectivity index (χ1n) is 14.5. The molecule has 0 unspecified atom stereocenters. The van der Waals surface area contributed by atoms with Crippen LogP contribution in [0.25, 0.3) is 0 Å². The number of halogens is 1. The first kappa shape index (κ1) is 33.0. The van der Waals surface area contributed by atoms with Gasteiger partial charge < -0.3 is 10.2 Å². The van der Waals surface area contributed by atoms with Crippen molar-refractivity contribution in [1.82, 2.24) is 10.2 Å². The van der Waals surface area contributed by atoms with Gasteiger partial charge in [0.05, 0.1) is 10.6 Å². The van der Waals surface area contributed by atoms with Gasteiger partial charge in [-0.3, -0.25) is 13.9 Å². The second-order valence-corrected chi connectivity index (χ2v) is 13.8. The average molecular weight is 677 g/mol. The molecule has 0 fully saturated rings. The molecule has 0 saturated carbocycles. The number of anilines is 1. The first-order valence-corrected chi connectivity index (χ1v) is 16.7. The molecule has 0 radical (unpaired) electrons. The highest BCUT2D eigenvalue weighted by Gasteiger charge is 2.34. The number of amides is 2. The lowest BCUT2D eigenvalue weighted by molar-refractivity contribution is -0.139. The van der Waals surface area contributed by atoms with Crippen molar-refractivity contribution in [1.29, 1.82) is 0 Å². The number of nitrogens with zero attached hydrogens (tertiary/aromatic N) is 2. The number of sulfonamides is 1. The summed E-state index contributed by atoms with van der Waals surface area (Å²) in [4.78, 5) is 29.3. The summed E-state index contributed by atoms with van der Waals surface area (Å²) >= 11 is 3.45. The van der Waals surface area contributed by atoms with Crippen LogP contribution in [-0.4, -0.2) is 44.8 Å². The Morgan fingerprint density at radius 3 is 2.00 bits per heavy atom. The van der Waals surface area contributed by atoms with Crippen molar-refractivity contribution in [3.8, 4) is 0 Å². The fraction of sp³-hybridized carbons (Fsp3) is 0.257. The molecule has 0 saturated heterocycles. The number of hydrogen-bond donors (Lipinski definition) is 1. The maximum Gasteiger partial charge on any atom is 0.264 e. The van der Waals surface area contributed by atoms with Crippen LogP contribution in [0.4, 0.5) is 5.69 Å². The maximum absolute atomic E-state index is 14.4. The molecule has 0 aliphatic heterocycles. The molecule has 4 aromatic carbocycles. The number of likely N-dealkylation sites (N-methyl/N-ethyl adjacent to an activating group) is 1. The van der Waals surface area contributed by atoms with Gasteiger partial charge >= 0.3 is 0 Å². The molecule has 0 spiro atoms. The molecular formula is C35H38BrN3O4S.